The van der Waals surface area contributed by atoms with Gasteiger partial charge in [-0.15, -0.1) is 0 Å². The van der Waals surface area contributed by atoms with E-state index in [1.807, 2.05) is 0 Å². The van der Waals surface area contributed by atoms with Crippen LogP contribution in [0.4, 0.5) is 5.82 Å². The van der Waals surface area contributed by atoms with E-state index in [1.165, 1.54) is 6.20 Å². The van der Waals surface area contributed by atoms with E-state index in [9.17, 15) is 4.79 Å². The summed E-state index contributed by atoms with van der Waals surface area (Å²) < 4.78 is 5.01. The molecule has 68 valence electrons. The van der Waals surface area contributed by atoms with Crippen molar-refractivity contribution in [1.82, 2.24) is 9.97 Å². The van der Waals surface area contributed by atoms with Gasteiger partial charge < -0.3 is 15.8 Å². The molecule has 0 unspecified atom stereocenters. The SMILES string of the molecule is NCc1cnc2c(n1)NC(=O)CO2. The number of fused-ring (bicyclic) bond motifs is 1. The molecule has 6 nitrogen and oxygen atoms in total. The van der Waals surface area contributed by atoms with Gasteiger partial charge in [-0.2, -0.15) is 0 Å². The highest BCUT2D eigenvalue weighted by molar-refractivity contribution is 5.93. The number of hydrogen-bond acceptors (Lipinski definition) is 5. The number of rotatable bonds is 1. The van der Waals surface area contributed by atoms with Gasteiger partial charge in [-0.1, -0.05) is 0 Å². The van der Waals surface area contributed by atoms with Crippen LogP contribution in [0, 0.1) is 0 Å². The largest absolute Gasteiger partial charge is 0.465 e. The van der Waals surface area contributed by atoms with Crippen molar-refractivity contribution in [2.45, 2.75) is 6.54 Å². The molecule has 2 heterocycles. The van der Waals surface area contributed by atoms with E-state index in [4.69, 9.17) is 10.5 Å². The van der Waals surface area contributed by atoms with Crippen molar-refractivity contribution in [3.63, 3.8) is 0 Å². The number of ether oxygens (including phenoxy) is 1. The van der Waals surface area contributed by atoms with Gasteiger partial charge in [0.15, 0.2) is 12.4 Å². The highest BCUT2D eigenvalue weighted by Crippen LogP contribution is 2.21. The Morgan fingerprint density at radius 2 is 2.54 bits per heavy atom. The first-order valence-corrected chi connectivity index (χ1v) is 3.78. The Balaban J connectivity index is 2.38. The highest BCUT2D eigenvalue weighted by Gasteiger charge is 2.18. The van der Waals surface area contributed by atoms with Crippen LogP contribution in [-0.2, 0) is 11.3 Å². The second-order valence-electron chi connectivity index (χ2n) is 2.56. The van der Waals surface area contributed by atoms with Crippen molar-refractivity contribution >= 4 is 11.7 Å². The number of carbonyl (C=O) groups excluding carboxylic acids is 1. The number of carbonyl (C=O) groups is 1. The lowest BCUT2D eigenvalue weighted by atomic mass is 10.4. The molecule has 1 aliphatic rings. The molecule has 1 amide bonds. The molecule has 0 saturated carbocycles. The predicted molar refractivity (Wildman–Crippen MR) is 44.0 cm³/mol. The maximum absolute atomic E-state index is 10.9. The third-order valence-corrected chi connectivity index (χ3v) is 1.60. The summed E-state index contributed by atoms with van der Waals surface area (Å²) in [5.41, 5.74) is 5.98. The van der Waals surface area contributed by atoms with E-state index in [-0.39, 0.29) is 19.1 Å². The molecule has 0 aromatic carbocycles. The van der Waals surface area contributed by atoms with Crippen molar-refractivity contribution in [3.8, 4) is 5.88 Å². The van der Waals surface area contributed by atoms with E-state index < -0.39 is 0 Å². The number of nitrogens with one attached hydrogen (secondary N) is 1. The summed E-state index contributed by atoms with van der Waals surface area (Å²) in [5.74, 6) is 0.465. The van der Waals surface area contributed by atoms with E-state index in [0.29, 0.717) is 17.4 Å². The predicted octanol–water partition coefficient (Wildman–Crippen LogP) is -0.734. The monoisotopic (exact) mass is 180 g/mol. The van der Waals surface area contributed by atoms with E-state index in [1.54, 1.807) is 0 Å². The zero-order chi connectivity index (χ0) is 9.26. The molecule has 0 atom stereocenters. The van der Waals surface area contributed by atoms with Crippen molar-refractivity contribution in [1.29, 1.82) is 0 Å². The summed E-state index contributed by atoms with van der Waals surface area (Å²) in [4.78, 5) is 18.9. The van der Waals surface area contributed by atoms with E-state index in [0.717, 1.165) is 0 Å². The molecule has 3 N–H and O–H groups in total. The number of hydrogen-bond donors (Lipinski definition) is 2. The van der Waals surface area contributed by atoms with Crippen LogP contribution in [0.5, 0.6) is 5.88 Å². The smallest absolute Gasteiger partial charge is 0.263 e. The van der Waals surface area contributed by atoms with Crippen molar-refractivity contribution in [2.24, 2.45) is 5.73 Å². The summed E-state index contributed by atoms with van der Waals surface area (Å²) in [7, 11) is 0. The van der Waals surface area contributed by atoms with E-state index >= 15 is 0 Å². The average molecular weight is 180 g/mol. The third kappa shape index (κ3) is 1.43. The molecule has 1 aliphatic heterocycles. The first-order chi connectivity index (χ1) is 6.29. The first kappa shape index (κ1) is 7.93. The van der Waals surface area contributed by atoms with Crippen molar-refractivity contribution < 1.29 is 9.53 Å². The molecule has 1 aromatic heterocycles. The lowest BCUT2D eigenvalue weighted by Crippen LogP contribution is -2.27. The molecule has 0 saturated heterocycles. The molecule has 0 fully saturated rings. The molecular weight excluding hydrogens is 172 g/mol. The summed E-state index contributed by atoms with van der Waals surface area (Å²) in [6, 6.07) is 0. The summed E-state index contributed by atoms with van der Waals surface area (Å²) in [6.07, 6.45) is 1.52. The Morgan fingerprint density at radius 3 is 3.31 bits per heavy atom. The molecule has 0 spiro atoms. The van der Waals surface area contributed by atoms with Gasteiger partial charge >= 0.3 is 0 Å². The lowest BCUT2D eigenvalue weighted by Gasteiger charge is -2.15. The summed E-state index contributed by atoms with van der Waals surface area (Å²) >= 11 is 0. The second kappa shape index (κ2) is 2.98. The molecule has 2 rings (SSSR count). The van der Waals surface area contributed by atoms with E-state index in [2.05, 4.69) is 15.3 Å². The van der Waals surface area contributed by atoms with Crippen molar-refractivity contribution in [3.05, 3.63) is 11.9 Å². The second-order valence-corrected chi connectivity index (χ2v) is 2.56. The van der Waals surface area contributed by atoms with Gasteiger partial charge in [-0.05, 0) is 0 Å². The fraction of sp³-hybridized carbons (Fsp3) is 0.286. The van der Waals surface area contributed by atoms with Gasteiger partial charge in [0.1, 0.15) is 0 Å². The third-order valence-electron chi connectivity index (χ3n) is 1.60. The van der Waals surface area contributed by atoms with Gasteiger partial charge in [-0.3, -0.25) is 4.79 Å². The van der Waals surface area contributed by atoms with Crippen LogP contribution in [0.2, 0.25) is 0 Å². The van der Waals surface area contributed by atoms with Gasteiger partial charge in [0, 0.05) is 6.54 Å². The van der Waals surface area contributed by atoms with Gasteiger partial charge in [-0.25, -0.2) is 9.97 Å². The molecule has 6 heteroatoms. The maximum atomic E-state index is 10.9. The highest BCUT2D eigenvalue weighted by atomic mass is 16.5. The maximum Gasteiger partial charge on any atom is 0.263 e. The van der Waals surface area contributed by atoms with Gasteiger partial charge in [0.25, 0.3) is 11.8 Å². The Labute approximate surface area is 74.1 Å². The number of aromatic nitrogens is 2. The van der Waals surface area contributed by atoms with Crippen LogP contribution < -0.4 is 15.8 Å². The van der Waals surface area contributed by atoms with Gasteiger partial charge in [0.05, 0.1) is 11.9 Å². The number of amides is 1. The van der Waals surface area contributed by atoms with Crippen LogP contribution in [-0.4, -0.2) is 22.5 Å². The van der Waals surface area contributed by atoms with Crippen LogP contribution in [0.1, 0.15) is 5.69 Å². The minimum atomic E-state index is -0.226. The zero-order valence-corrected chi connectivity index (χ0v) is 6.78. The molecule has 1 aromatic rings. The Kier molecular flexibility index (Phi) is 1.82. The molecule has 13 heavy (non-hydrogen) atoms. The fourth-order valence-electron chi connectivity index (χ4n) is 1.00. The summed E-state index contributed by atoms with van der Waals surface area (Å²) in [6.45, 7) is 0.278. The Hall–Kier alpha value is -1.69. The standard InChI is InChI=1S/C7H8N4O2/c8-1-4-2-9-7-6(10-4)11-5(12)3-13-7/h2H,1,3,8H2,(H,10,11,12). The average Bonchev–Trinajstić information content (AvgIpc) is 2.16. The van der Waals surface area contributed by atoms with Crippen LogP contribution in [0.3, 0.4) is 0 Å². The molecule has 0 radical (unpaired) electrons. The minimum Gasteiger partial charge on any atom is -0.465 e. The van der Waals surface area contributed by atoms with Crippen LogP contribution >= 0.6 is 0 Å². The quantitative estimate of drug-likeness (QED) is 0.594. The molecule has 0 aliphatic carbocycles. The number of nitrogens with two attached hydrogens (primary N) is 1. The normalized spacial score (nSPS) is 14.4. The van der Waals surface area contributed by atoms with Gasteiger partial charge in [0.2, 0.25) is 0 Å². The Morgan fingerprint density at radius 1 is 1.69 bits per heavy atom. The topological polar surface area (TPSA) is 90.1 Å². The Bertz CT molecular complexity index is 352. The zero-order valence-electron chi connectivity index (χ0n) is 6.78. The van der Waals surface area contributed by atoms with Crippen LogP contribution in [0.15, 0.2) is 6.20 Å². The van der Waals surface area contributed by atoms with Crippen molar-refractivity contribution in [2.75, 3.05) is 11.9 Å². The number of anilines is 1. The molecule has 0 bridgehead atoms. The first-order valence-electron chi connectivity index (χ1n) is 3.78. The summed E-state index contributed by atoms with van der Waals surface area (Å²) in [5, 5.41) is 2.54. The fourth-order valence-corrected chi connectivity index (χ4v) is 1.00. The lowest BCUT2D eigenvalue weighted by molar-refractivity contribution is -0.118. The number of nitrogens with zero attached hydrogens (tertiary/aromatic N) is 2. The molecular formula is C7H8N4O2. The minimum absolute atomic E-state index is 0.0103. The van der Waals surface area contributed by atoms with Crippen LogP contribution in [0.25, 0.3) is 0 Å².